The Balaban J connectivity index is 2.37. The van der Waals surface area contributed by atoms with E-state index in [1.807, 2.05) is 6.07 Å². The lowest BCUT2D eigenvalue weighted by molar-refractivity contribution is 0.625. The molecule has 2 nitrogen and oxygen atoms in total. The molecular formula is C13H19BrN2. The fourth-order valence-electron chi connectivity index (χ4n) is 2.54. The predicted molar refractivity (Wildman–Crippen MR) is 73.9 cm³/mol. The minimum Gasteiger partial charge on any atom is -0.398 e. The summed E-state index contributed by atoms with van der Waals surface area (Å²) < 4.78 is 1.11. The number of hydrogen-bond acceptors (Lipinski definition) is 2. The van der Waals surface area contributed by atoms with E-state index in [1.54, 1.807) is 0 Å². The van der Waals surface area contributed by atoms with Gasteiger partial charge in [0.2, 0.25) is 0 Å². The molecule has 0 amide bonds. The molecule has 0 spiro atoms. The first-order valence-electron chi connectivity index (χ1n) is 5.81. The highest BCUT2D eigenvalue weighted by molar-refractivity contribution is 9.10. The Morgan fingerprint density at radius 3 is 2.62 bits per heavy atom. The highest BCUT2D eigenvalue weighted by atomic mass is 79.9. The lowest BCUT2D eigenvalue weighted by atomic mass is 10.1. The molecule has 1 aliphatic rings. The van der Waals surface area contributed by atoms with Crippen LogP contribution in [0.2, 0.25) is 0 Å². The largest absolute Gasteiger partial charge is 0.398 e. The first kappa shape index (κ1) is 11.8. The summed E-state index contributed by atoms with van der Waals surface area (Å²) in [4.78, 5) is 2.47. The van der Waals surface area contributed by atoms with Gasteiger partial charge in [0, 0.05) is 22.7 Å². The monoisotopic (exact) mass is 282 g/mol. The summed E-state index contributed by atoms with van der Waals surface area (Å²) in [6, 6.07) is 4.82. The van der Waals surface area contributed by atoms with Gasteiger partial charge in [0.15, 0.2) is 0 Å². The van der Waals surface area contributed by atoms with Gasteiger partial charge >= 0.3 is 0 Å². The molecule has 0 saturated carbocycles. The predicted octanol–water partition coefficient (Wildman–Crippen LogP) is 3.57. The molecule has 1 aromatic carbocycles. The molecule has 16 heavy (non-hydrogen) atoms. The molecule has 0 aromatic heterocycles. The number of anilines is 2. The number of hydrogen-bond donors (Lipinski definition) is 1. The molecule has 2 unspecified atom stereocenters. The molecular weight excluding hydrogens is 264 g/mol. The number of benzene rings is 1. The highest BCUT2D eigenvalue weighted by Gasteiger charge is 2.27. The van der Waals surface area contributed by atoms with Crippen LogP contribution in [-0.2, 0) is 0 Å². The average Bonchev–Trinajstić information content (AvgIpc) is 2.51. The van der Waals surface area contributed by atoms with Crippen LogP contribution in [0.25, 0.3) is 0 Å². The number of aryl methyl sites for hydroxylation is 1. The van der Waals surface area contributed by atoms with Crippen molar-refractivity contribution in [2.45, 2.75) is 33.2 Å². The maximum atomic E-state index is 5.90. The van der Waals surface area contributed by atoms with Gasteiger partial charge in [-0.15, -0.1) is 0 Å². The van der Waals surface area contributed by atoms with Crippen molar-refractivity contribution in [3.63, 3.8) is 0 Å². The Morgan fingerprint density at radius 1 is 1.38 bits per heavy atom. The van der Waals surface area contributed by atoms with Gasteiger partial charge in [-0.05, 0) is 59.8 Å². The van der Waals surface area contributed by atoms with Crippen molar-refractivity contribution in [1.29, 1.82) is 0 Å². The van der Waals surface area contributed by atoms with Crippen LogP contribution in [0.1, 0.15) is 25.8 Å². The standard InChI is InChI=1S/C13H19BrN2/c1-8-4-10(3)16(7-8)13-5-9(2)12(15)6-11(13)14/h5-6,8,10H,4,7,15H2,1-3H3. The van der Waals surface area contributed by atoms with E-state index in [4.69, 9.17) is 5.73 Å². The first-order valence-corrected chi connectivity index (χ1v) is 6.60. The molecule has 1 heterocycles. The van der Waals surface area contributed by atoms with Gasteiger partial charge in [0.25, 0.3) is 0 Å². The van der Waals surface area contributed by atoms with Crippen LogP contribution in [0.4, 0.5) is 11.4 Å². The molecule has 2 rings (SSSR count). The van der Waals surface area contributed by atoms with Crippen LogP contribution < -0.4 is 10.6 Å². The number of nitrogens with zero attached hydrogens (tertiary/aromatic N) is 1. The summed E-state index contributed by atoms with van der Waals surface area (Å²) in [5.74, 6) is 0.778. The van der Waals surface area contributed by atoms with E-state index in [0.29, 0.717) is 6.04 Å². The van der Waals surface area contributed by atoms with Crippen molar-refractivity contribution in [3.05, 3.63) is 22.2 Å². The van der Waals surface area contributed by atoms with Gasteiger partial charge in [-0.25, -0.2) is 0 Å². The molecule has 88 valence electrons. The van der Waals surface area contributed by atoms with Crippen LogP contribution in [0.15, 0.2) is 16.6 Å². The third kappa shape index (κ3) is 2.05. The van der Waals surface area contributed by atoms with E-state index in [-0.39, 0.29) is 0 Å². The molecule has 2 atom stereocenters. The third-order valence-corrected chi connectivity index (χ3v) is 4.06. The van der Waals surface area contributed by atoms with E-state index < -0.39 is 0 Å². The Bertz CT molecular complexity index is 403. The van der Waals surface area contributed by atoms with Crippen molar-refractivity contribution in [3.8, 4) is 0 Å². The van der Waals surface area contributed by atoms with Crippen LogP contribution in [0.3, 0.4) is 0 Å². The van der Waals surface area contributed by atoms with Gasteiger partial charge < -0.3 is 10.6 Å². The Labute approximate surface area is 106 Å². The van der Waals surface area contributed by atoms with E-state index in [0.717, 1.165) is 28.2 Å². The zero-order chi connectivity index (χ0) is 11.9. The number of rotatable bonds is 1. The fourth-order valence-corrected chi connectivity index (χ4v) is 3.13. The first-order chi connectivity index (χ1) is 7.49. The normalized spacial score (nSPS) is 25.1. The molecule has 1 aliphatic heterocycles. The second kappa shape index (κ2) is 4.28. The second-order valence-corrected chi connectivity index (χ2v) is 5.86. The minimum atomic E-state index is 0.620. The Kier molecular flexibility index (Phi) is 3.15. The third-order valence-electron chi connectivity index (χ3n) is 3.43. The smallest absolute Gasteiger partial charge is 0.0517 e. The van der Waals surface area contributed by atoms with Crippen molar-refractivity contribution in [2.75, 3.05) is 17.2 Å². The minimum absolute atomic E-state index is 0.620. The van der Waals surface area contributed by atoms with Crippen molar-refractivity contribution in [1.82, 2.24) is 0 Å². The zero-order valence-electron chi connectivity index (χ0n) is 10.1. The molecule has 1 aromatic rings. The van der Waals surface area contributed by atoms with Crippen molar-refractivity contribution in [2.24, 2.45) is 5.92 Å². The summed E-state index contributed by atoms with van der Waals surface area (Å²) in [5, 5.41) is 0. The van der Waals surface area contributed by atoms with Gasteiger partial charge in [-0.1, -0.05) is 6.92 Å². The second-order valence-electron chi connectivity index (χ2n) is 5.00. The SMILES string of the molecule is Cc1cc(N2CC(C)CC2C)c(Br)cc1N. The number of nitrogens with two attached hydrogens (primary N) is 1. The maximum absolute atomic E-state index is 5.90. The number of halogens is 1. The van der Waals surface area contributed by atoms with Gasteiger partial charge in [0.1, 0.15) is 0 Å². The quantitative estimate of drug-likeness (QED) is 0.798. The Hall–Kier alpha value is -0.700. The van der Waals surface area contributed by atoms with Crippen molar-refractivity contribution >= 4 is 27.3 Å². The zero-order valence-corrected chi connectivity index (χ0v) is 11.7. The van der Waals surface area contributed by atoms with Crippen molar-refractivity contribution < 1.29 is 0 Å². The van der Waals surface area contributed by atoms with Crippen LogP contribution >= 0.6 is 15.9 Å². The van der Waals surface area contributed by atoms with Gasteiger partial charge in [-0.2, -0.15) is 0 Å². The molecule has 1 saturated heterocycles. The summed E-state index contributed by atoms with van der Waals surface area (Å²) in [6.07, 6.45) is 1.27. The Morgan fingerprint density at radius 2 is 2.06 bits per heavy atom. The lowest BCUT2D eigenvalue weighted by Crippen LogP contribution is -2.27. The fraction of sp³-hybridized carbons (Fsp3) is 0.538. The van der Waals surface area contributed by atoms with E-state index in [2.05, 4.69) is 47.7 Å². The molecule has 0 radical (unpaired) electrons. The maximum Gasteiger partial charge on any atom is 0.0517 e. The molecule has 3 heteroatoms. The summed E-state index contributed by atoms with van der Waals surface area (Å²) in [5.41, 5.74) is 9.20. The van der Waals surface area contributed by atoms with E-state index >= 15 is 0 Å². The highest BCUT2D eigenvalue weighted by Crippen LogP contribution is 2.36. The average molecular weight is 283 g/mol. The molecule has 2 N–H and O–H groups in total. The topological polar surface area (TPSA) is 29.3 Å². The summed E-state index contributed by atoms with van der Waals surface area (Å²) in [6.45, 7) is 7.81. The lowest BCUT2D eigenvalue weighted by Gasteiger charge is -2.26. The summed E-state index contributed by atoms with van der Waals surface area (Å²) in [7, 11) is 0. The molecule has 0 bridgehead atoms. The van der Waals surface area contributed by atoms with Crippen LogP contribution in [0, 0.1) is 12.8 Å². The van der Waals surface area contributed by atoms with Crippen LogP contribution in [-0.4, -0.2) is 12.6 Å². The van der Waals surface area contributed by atoms with E-state index in [1.165, 1.54) is 12.1 Å². The number of nitrogen functional groups attached to an aromatic ring is 1. The van der Waals surface area contributed by atoms with Crippen LogP contribution in [0.5, 0.6) is 0 Å². The molecule has 0 aliphatic carbocycles. The van der Waals surface area contributed by atoms with Gasteiger partial charge in [0.05, 0.1) is 5.69 Å². The van der Waals surface area contributed by atoms with Gasteiger partial charge in [-0.3, -0.25) is 0 Å². The molecule has 1 fully saturated rings. The van der Waals surface area contributed by atoms with E-state index in [9.17, 15) is 0 Å². The summed E-state index contributed by atoms with van der Waals surface area (Å²) >= 11 is 3.62.